The smallest absolute Gasteiger partial charge is 0.406 e. The third-order valence-electron chi connectivity index (χ3n) is 4.11. The number of nitrogens with one attached hydrogen (secondary N) is 1. The van der Waals surface area contributed by atoms with Crippen molar-refractivity contribution in [3.63, 3.8) is 0 Å². The predicted molar refractivity (Wildman–Crippen MR) is 108 cm³/mol. The lowest BCUT2D eigenvalue weighted by atomic mass is 9.97. The van der Waals surface area contributed by atoms with E-state index >= 15 is 0 Å². The molecule has 2 heterocycles. The second-order valence-electron chi connectivity index (χ2n) is 5.82. The summed E-state index contributed by atoms with van der Waals surface area (Å²) < 4.78 is 41.1. The zero-order valence-corrected chi connectivity index (χ0v) is 17.5. The van der Waals surface area contributed by atoms with E-state index in [1.165, 1.54) is 24.5 Å². The number of nitrogens with zero attached hydrogens (tertiary/aromatic N) is 2. The van der Waals surface area contributed by atoms with Crippen LogP contribution in [0, 0.1) is 0 Å². The van der Waals surface area contributed by atoms with E-state index in [1.807, 2.05) is 0 Å². The first-order valence-electron chi connectivity index (χ1n) is 7.94. The van der Waals surface area contributed by atoms with Gasteiger partial charge in [-0.3, -0.25) is 9.88 Å². The van der Waals surface area contributed by atoms with Crippen molar-refractivity contribution < 1.29 is 17.9 Å². The number of piperazine rings is 1. The van der Waals surface area contributed by atoms with E-state index < -0.39 is 6.36 Å². The molecule has 1 aliphatic heterocycles. The number of pyridine rings is 1. The van der Waals surface area contributed by atoms with E-state index in [9.17, 15) is 13.2 Å². The molecule has 1 aliphatic rings. The first kappa shape index (κ1) is 25.1. The molecular weight excluding hydrogens is 461 g/mol. The molecule has 1 aromatic carbocycles. The molecule has 1 saturated heterocycles. The van der Waals surface area contributed by atoms with E-state index in [4.69, 9.17) is 23.2 Å². The van der Waals surface area contributed by atoms with Crippen LogP contribution in [0.5, 0.6) is 5.75 Å². The zero-order chi connectivity index (χ0) is 18.7. The summed E-state index contributed by atoms with van der Waals surface area (Å²) in [6, 6.07) is 5.49. The number of hydrogen-bond acceptors (Lipinski definition) is 4. The van der Waals surface area contributed by atoms with Gasteiger partial charge in [-0.15, -0.1) is 38.0 Å². The molecule has 156 valence electrons. The molecule has 0 unspecified atom stereocenters. The van der Waals surface area contributed by atoms with E-state index in [0.29, 0.717) is 15.6 Å². The van der Waals surface area contributed by atoms with Crippen LogP contribution in [0.15, 0.2) is 36.7 Å². The summed E-state index contributed by atoms with van der Waals surface area (Å²) in [6.45, 7) is 3.10. The number of halogens is 7. The molecule has 0 spiro atoms. The quantitative estimate of drug-likeness (QED) is 0.661. The van der Waals surface area contributed by atoms with Gasteiger partial charge in [0.15, 0.2) is 0 Å². The first-order valence-corrected chi connectivity index (χ1v) is 8.70. The van der Waals surface area contributed by atoms with Crippen LogP contribution in [-0.2, 0) is 0 Å². The molecule has 2 aromatic rings. The summed E-state index contributed by atoms with van der Waals surface area (Å²) in [6.07, 6.45) is -1.70. The first-order chi connectivity index (χ1) is 12.3. The van der Waals surface area contributed by atoms with Crippen LogP contribution in [0.3, 0.4) is 0 Å². The highest BCUT2D eigenvalue weighted by Crippen LogP contribution is 2.38. The summed E-state index contributed by atoms with van der Waals surface area (Å²) in [5.41, 5.74) is 1.46. The standard InChI is InChI=1S/C17H16Cl2F3N3O.2ClH/c18-13-9-24-10-14(19)15(13)16(25-7-5-23-6-8-25)11-1-3-12(4-2-11)26-17(20,21)22;;/h1-4,9-10,16,23H,5-8H2;2*1H/t16-;;/m1../s1. The molecule has 3 rings (SSSR count). The van der Waals surface area contributed by atoms with E-state index in [0.717, 1.165) is 31.7 Å². The van der Waals surface area contributed by atoms with Gasteiger partial charge in [0.05, 0.1) is 16.1 Å². The highest BCUT2D eigenvalue weighted by atomic mass is 35.5. The largest absolute Gasteiger partial charge is 0.573 e. The molecule has 0 aliphatic carbocycles. The van der Waals surface area contributed by atoms with Crippen LogP contribution in [0.4, 0.5) is 13.2 Å². The van der Waals surface area contributed by atoms with Gasteiger partial charge in [0, 0.05) is 44.1 Å². The minimum atomic E-state index is -4.73. The average molecular weight is 479 g/mol. The Bertz CT molecular complexity index is 736. The van der Waals surface area contributed by atoms with E-state index in [-0.39, 0.29) is 36.6 Å². The molecule has 0 saturated carbocycles. The number of benzene rings is 1. The predicted octanol–water partition coefficient (Wildman–Crippen LogP) is 5.13. The minimum Gasteiger partial charge on any atom is -0.406 e. The van der Waals surface area contributed by atoms with Crippen molar-refractivity contribution in [3.05, 3.63) is 57.8 Å². The SMILES string of the molecule is Cl.Cl.FC(F)(F)Oc1ccc([C@H](c2c(Cl)cncc2Cl)N2CCNCC2)cc1. The monoisotopic (exact) mass is 477 g/mol. The van der Waals surface area contributed by atoms with Gasteiger partial charge in [0.25, 0.3) is 0 Å². The maximum absolute atomic E-state index is 12.4. The average Bonchev–Trinajstić information content (AvgIpc) is 2.59. The number of alkyl halides is 3. The number of hydrogen-bond donors (Lipinski definition) is 1. The Labute approximate surface area is 183 Å². The van der Waals surface area contributed by atoms with Gasteiger partial charge < -0.3 is 10.1 Å². The fourth-order valence-corrected chi connectivity index (χ4v) is 3.61. The molecule has 1 N–H and O–H groups in total. The van der Waals surface area contributed by atoms with Gasteiger partial charge in [-0.1, -0.05) is 35.3 Å². The highest BCUT2D eigenvalue weighted by Gasteiger charge is 2.32. The highest BCUT2D eigenvalue weighted by molar-refractivity contribution is 6.35. The van der Waals surface area contributed by atoms with Gasteiger partial charge in [-0.2, -0.15) is 0 Å². The van der Waals surface area contributed by atoms with Crippen LogP contribution >= 0.6 is 48.0 Å². The number of rotatable bonds is 4. The third-order valence-corrected chi connectivity index (χ3v) is 4.71. The molecule has 1 fully saturated rings. The molecule has 28 heavy (non-hydrogen) atoms. The summed E-state index contributed by atoms with van der Waals surface area (Å²) in [7, 11) is 0. The van der Waals surface area contributed by atoms with Crippen molar-refractivity contribution >= 4 is 48.0 Å². The van der Waals surface area contributed by atoms with Crippen LogP contribution in [0.1, 0.15) is 17.2 Å². The fraction of sp³-hybridized carbons (Fsp3) is 0.353. The van der Waals surface area contributed by atoms with Crippen molar-refractivity contribution in [3.8, 4) is 5.75 Å². The van der Waals surface area contributed by atoms with E-state index in [1.54, 1.807) is 12.1 Å². The Hall–Kier alpha value is -0.960. The topological polar surface area (TPSA) is 37.4 Å². The second kappa shape index (κ2) is 10.7. The van der Waals surface area contributed by atoms with Gasteiger partial charge in [-0.25, -0.2) is 0 Å². The van der Waals surface area contributed by atoms with Crippen molar-refractivity contribution in [2.45, 2.75) is 12.4 Å². The summed E-state index contributed by atoms with van der Waals surface area (Å²) >= 11 is 12.7. The van der Waals surface area contributed by atoms with Crippen molar-refractivity contribution in [2.75, 3.05) is 26.2 Å². The Morgan fingerprint density at radius 3 is 2.04 bits per heavy atom. The lowest BCUT2D eigenvalue weighted by molar-refractivity contribution is -0.274. The maximum atomic E-state index is 12.4. The molecule has 11 heteroatoms. The van der Waals surface area contributed by atoms with Gasteiger partial charge in [0.2, 0.25) is 0 Å². The lowest BCUT2D eigenvalue weighted by Gasteiger charge is -2.36. The third kappa shape index (κ3) is 6.27. The van der Waals surface area contributed by atoms with Crippen LogP contribution in [0.25, 0.3) is 0 Å². The number of ether oxygens (including phenoxy) is 1. The molecular formula is C17H18Cl4F3N3O. The molecule has 0 radical (unpaired) electrons. The summed E-state index contributed by atoms with van der Waals surface area (Å²) in [5, 5.41) is 4.10. The summed E-state index contributed by atoms with van der Waals surface area (Å²) in [4.78, 5) is 6.16. The lowest BCUT2D eigenvalue weighted by Crippen LogP contribution is -2.45. The van der Waals surface area contributed by atoms with Crippen molar-refractivity contribution in [2.24, 2.45) is 0 Å². The van der Waals surface area contributed by atoms with Crippen LogP contribution < -0.4 is 10.1 Å². The zero-order valence-electron chi connectivity index (χ0n) is 14.4. The van der Waals surface area contributed by atoms with Crippen molar-refractivity contribution in [1.82, 2.24) is 15.2 Å². The Balaban J connectivity index is 0.00000196. The molecule has 1 atom stereocenters. The maximum Gasteiger partial charge on any atom is 0.573 e. The van der Waals surface area contributed by atoms with Gasteiger partial charge >= 0.3 is 6.36 Å². The molecule has 4 nitrogen and oxygen atoms in total. The number of aromatic nitrogens is 1. The fourth-order valence-electron chi connectivity index (χ4n) is 3.03. The van der Waals surface area contributed by atoms with Gasteiger partial charge in [-0.05, 0) is 17.7 Å². The van der Waals surface area contributed by atoms with Crippen molar-refractivity contribution in [1.29, 1.82) is 0 Å². The second-order valence-corrected chi connectivity index (χ2v) is 6.64. The Morgan fingerprint density at radius 2 is 1.54 bits per heavy atom. The summed E-state index contributed by atoms with van der Waals surface area (Å²) in [5.74, 6) is -0.271. The molecule has 1 aromatic heterocycles. The Morgan fingerprint density at radius 1 is 1.00 bits per heavy atom. The van der Waals surface area contributed by atoms with Crippen LogP contribution in [-0.4, -0.2) is 42.4 Å². The van der Waals surface area contributed by atoms with Gasteiger partial charge in [0.1, 0.15) is 5.75 Å². The minimum absolute atomic E-state index is 0. The molecule has 0 bridgehead atoms. The normalized spacial score (nSPS) is 15.9. The van der Waals surface area contributed by atoms with E-state index in [2.05, 4.69) is 19.9 Å². The molecule has 0 amide bonds. The Kier molecular flexibility index (Phi) is 9.59. The van der Waals surface area contributed by atoms with Crippen LogP contribution in [0.2, 0.25) is 10.0 Å².